The van der Waals surface area contributed by atoms with E-state index < -0.39 is 0 Å². The van der Waals surface area contributed by atoms with Gasteiger partial charge < -0.3 is 9.64 Å². The molecule has 22 heavy (non-hydrogen) atoms. The zero-order valence-corrected chi connectivity index (χ0v) is 14.0. The molecule has 0 saturated carbocycles. The van der Waals surface area contributed by atoms with Crippen molar-refractivity contribution < 1.29 is 9.53 Å². The van der Waals surface area contributed by atoms with Crippen molar-refractivity contribution in [2.45, 2.75) is 18.9 Å². The van der Waals surface area contributed by atoms with Gasteiger partial charge in [-0.05, 0) is 54.8 Å². The number of carbonyl (C=O) groups is 1. The topological polar surface area (TPSA) is 29.5 Å². The summed E-state index contributed by atoms with van der Waals surface area (Å²) in [5.41, 5.74) is 1.91. The SMILES string of the molecule is COc1ccc(C2CCCN2C(=O)c2ccc(Br)cc2)cc1. The highest BCUT2D eigenvalue weighted by molar-refractivity contribution is 9.10. The predicted octanol–water partition coefficient (Wildman–Crippen LogP) is 4.44. The molecule has 1 saturated heterocycles. The number of rotatable bonds is 3. The number of hydrogen-bond donors (Lipinski definition) is 0. The van der Waals surface area contributed by atoms with Gasteiger partial charge in [0.05, 0.1) is 13.2 Å². The summed E-state index contributed by atoms with van der Waals surface area (Å²) >= 11 is 3.40. The lowest BCUT2D eigenvalue weighted by Crippen LogP contribution is -2.30. The van der Waals surface area contributed by atoms with E-state index in [-0.39, 0.29) is 11.9 Å². The summed E-state index contributed by atoms with van der Waals surface area (Å²) in [4.78, 5) is 14.7. The summed E-state index contributed by atoms with van der Waals surface area (Å²) < 4.78 is 6.19. The Morgan fingerprint density at radius 2 is 1.82 bits per heavy atom. The molecule has 3 nitrogen and oxygen atoms in total. The van der Waals surface area contributed by atoms with Crippen molar-refractivity contribution in [1.82, 2.24) is 4.90 Å². The van der Waals surface area contributed by atoms with E-state index >= 15 is 0 Å². The van der Waals surface area contributed by atoms with Crippen molar-refractivity contribution in [2.75, 3.05) is 13.7 Å². The molecule has 0 bridgehead atoms. The summed E-state index contributed by atoms with van der Waals surface area (Å²) in [7, 11) is 1.66. The Morgan fingerprint density at radius 3 is 2.45 bits per heavy atom. The maximum Gasteiger partial charge on any atom is 0.254 e. The fourth-order valence-corrected chi connectivity index (χ4v) is 3.21. The molecule has 0 spiro atoms. The van der Waals surface area contributed by atoms with Crippen molar-refractivity contribution in [1.29, 1.82) is 0 Å². The van der Waals surface area contributed by atoms with Gasteiger partial charge in [0.2, 0.25) is 0 Å². The van der Waals surface area contributed by atoms with Gasteiger partial charge in [0.15, 0.2) is 0 Å². The first-order valence-corrected chi connectivity index (χ1v) is 8.19. The lowest BCUT2D eigenvalue weighted by atomic mass is 10.0. The highest BCUT2D eigenvalue weighted by Crippen LogP contribution is 2.34. The average Bonchev–Trinajstić information content (AvgIpc) is 3.04. The minimum atomic E-state index is 0.103. The van der Waals surface area contributed by atoms with Crippen LogP contribution in [-0.2, 0) is 0 Å². The van der Waals surface area contributed by atoms with E-state index in [0.29, 0.717) is 0 Å². The summed E-state index contributed by atoms with van der Waals surface area (Å²) in [6.45, 7) is 0.811. The van der Waals surface area contributed by atoms with Gasteiger partial charge in [0, 0.05) is 16.6 Å². The molecule has 1 heterocycles. The molecule has 114 valence electrons. The molecule has 2 aromatic carbocycles. The van der Waals surface area contributed by atoms with E-state index in [9.17, 15) is 4.79 Å². The summed E-state index contributed by atoms with van der Waals surface area (Å²) in [6.07, 6.45) is 2.05. The number of benzene rings is 2. The van der Waals surface area contributed by atoms with Crippen molar-refractivity contribution in [2.24, 2.45) is 0 Å². The van der Waals surface area contributed by atoms with Gasteiger partial charge >= 0.3 is 0 Å². The standard InChI is InChI=1S/C18H18BrNO2/c1-22-16-10-6-13(7-11-16)17-3-2-12-20(17)18(21)14-4-8-15(19)9-5-14/h4-11,17H,2-3,12H2,1H3. The smallest absolute Gasteiger partial charge is 0.254 e. The Bertz CT molecular complexity index is 652. The molecule has 0 aromatic heterocycles. The van der Waals surface area contributed by atoms with Crippen molar-refractivity contribution in [3.8, 4) is 5.75 Å². The van der Waals surface area contributed by atoms with Crippen LogP contribution in [-0.4, -0.2) is 24.5 Å². The molecule has 0 aliphatic carbocycles. The van der Waals surface area contributed by atoms with E-state index in [4.69, 9.17) is 4.74 Å². The van der Waals surface area contributed by atoms with Crippen LogP contribution in [0, 0.1) is 0 Å². The molecule has 3 rings (SSSR count). The second kappa shape index (κ2) is 6.53. The Morgan fingerprint density at radius 1 is 1.14 bits per heavy atom. The van der Waals surface area contributed by atoms with Gasteiger partial charge in [-0.2, -0.15) is 0 Å². The molecule has 1 aliphatic rings. The minimum Gasteiger partial charge on any atom is -0.497 e. The van der Waals surface area contributed by atoms with E-state index in [1.807, 2.05) is 41.3 Å². The number of likely N-dealkylation sites (tertiary alicyclic amines) is 1. The monoisotopic (exact) mass is 359 g/mol. The number of halogens is 1. The number of amides is 1. The normalized spacial score (nSPS) is 17.5. The van der Waals surface area contributed by atoms with E-state index in [1.165, 1.54) is 5.56 Å². The number of nitrogens with zero attached hydrogens (tertiary/aromatic N) is 1. The molecule has 0 radical (unpaired) electrons. The van der Waals surface area contributed by atoms with E-state index in [1.54, 1.807) is 7.11 Å². The van der Waals surface area contributed by atoms with Gasteiger partial charge in [-0.15, -0.1) is 0 Å². The van der Waals surface area contributed by atoms with Crippen LogP contribution in [0.15, 0.2) is 53.0 Å². The first-order chi connectivity index (χ1) is 10.7. The van der Waals surface area contributed by atoms with E-state index in [0.717, 1.165) is 35.2 Å². The highest BCUT2D eigenvalue weighted by Gasteiger charge is 2.30. The molecule has 1 amide bonds. The van der Waals surface area contributed by atoms with Crippen molar-refractivity contribution in [3.63, 3.8) is 0 Å². The van der Waals surface area contributed by atoms with Gasteiger partial charge in [-0.3, -0.25) is 4.79 Å². The lowest BCUT2D eigenvalue weighted by molar-refractivity contribution is 0.0735. The molecule has 4 heteroatoms. The molecule has 1 atom stereocenters. The third-order valence-electron chi connectivity index (χ3n) is 4.11. The van der Waals surface area contributed by atoms with Gasteiger partial charge in [-0.1, -0.05) is 28.1 Å². The van der Waals surface area contributed by atoms with Crippen LogP contribution in [0.5, 0.6) is 5.75 Å². The predicted molar refractivity (Wildman–Crippen MR) is 90.1 cm³/mol. The van der Waals surface area contributed by atoms with Gasteiger partial charge in [0.25, 0.3) is 5.91 Å². The quantitative estimate of drug-likeness (QED) is 0.810. The number of ether oxygens (including phenoxy) is 1. The van der Waals surface area contributed by atoms with E-state index in [2.05, 4.69) is 28.1 Å². The minimum absolute atomic E-state index is 0.103. The third-order valence-corrected chi connectivity index (χ3v) is 4.63. The number of methoxy groups -OCH3 is 1. The van der Waals surface area contributed by atoms with Crippen molar-refractivity contribution >= 4 is 21.8 Å². The maximum absolute atomic E-state index is 12.8. The number of hydrogen-bond acceptors (Lipinski definition) is 2. The third kappa shape index (κ3) is 3.02. The largest absolute Gasteiger partial charge is 0.497 e. The highest BCUT2D eigenvalue weighted by atomic mass is 79.9. The van der Waals surface area contributed by atoms with Crippen LogP contribution in [0.2, 0.25) is 0 Å². The molecular weight excluding hydrogens is 342 g/mol. The maximum atomic E-state index is 12.8. The Balaban J connectivity index is 1.82. The van der Waals surface area contributed by atoms with Crippen LogP contribution in [0.25, 0.3) is 0 Å². The Kier molecular flexibility index (Phi) is 4.48. The molecule has 0 N–H and O–H groups in total. The van der Waals surface area contributed by atoms with Crippen LogP contribution in [0.4, 0.5) is 0 Å². The fourth-order valence-electron chi connectivity index (χ4n) is 2.94. The molecule has 1 aliphatic heterocycles. The second-order valence-corrected chi connectivity index (χ2v) is 6.35. The molecule has 1 unspecified atom stereocenters. The van der Waals surface area contributed by atoms with Gasteiger partial charge in [-0.25, -0.2) is 0 Å². The summed E-state index contributed by atoms with van der Waals surface area (Å²) in [6, 6.07) is 15.7. The average molecular weight is 360 g/mol. The van der Waals surface area contributed by atoms with Gasteiger partial charge in [0.1, 0.15) is 5.75 Å². The fraction of sp³-hybridized carbons (Fsp3) is 0.278. The molecule has 2 aromatic rings. The molecule has 1 fully saturated rings. The zero-order chi connectivity index (χ0) is 15.5. The van der Waals surface area contributed by atoms with Crippen LogP contribution in [0.3, 0.4) is 0 Å². The van der Waals surface area contributed by atoms with Crippen LogP contribution < -0.4 is 4.74 Å². The lowest BCUT2D eigenvalue weighted by Gasteiger charge is -2.25. The Hall–Kier alpha value is -1.81. The van der Waals surface area contributed by atoms with Crippen LogP contribution >= 0.6 is 15.9 Å². The van der Waals surface area contributed by atoms with Crippen LogP contribution in [0.1, 0.15) is 34.8 Å². The molecular formula is C18H18BrNO2. The Labute approximate surface area is 139 Å². The number of carbonyl (C=O) groups excluding carboxylic acids is 1. The summed E-state index contributed by atoms with van der Waals surface area (Å²) in [5, 5.41) is 0. The second-order valence-electron chi connectivity index (χ2n) is 5.44. The first-order valence-electron chi connectivity index (χ1n) is 7.39. The summed E-state index contributed by atoms with van der Waals surface area (Å²) in [5.74, 6) is 0.943. The zero-order valence-electron chi connectivity index (χ0n) is 12.5. The first kappa shape index (κ1) is 15.1. The van der Waals surface area contributed by atoms with Crippen molar-refractivity contribution in [3.05, 3.63) is 64.1 Å².